The van der Waals surface area contributed by atoms with E-state index in [-0.39, 0.29) is 5.78 Å². The number of ketones is 1. The molecule has 0 saturated heterocycles. The highest BCUT2D eigenvalue weighted by atomic mass is 79.9. The zero-order chi connectivity index (χ0) is 14.3. The highest BCUT2D eigenvalue weighted by Crippen LogP contribution is 2.25. The Morgan fingerprint density at radius 2 is 2.05 bits per heavy atom. The smallest absolute Gasteiger partial charge is 0.195 e. The molecule has 1 aromatic heterocycles. The molecule has 2 aromatic carbocycles. The van der Waals surface area contributed by atoms with Crippen molar-refractivity contribution in [1.82, 2.24) is 4.98 Å². The van der Waals surface area contributed by atoms with Crippen LogP contribution < -0.4 is 0 Å². The molecule has 0 aliphatic carbocycles. The lowest BCUT2D eigenvalue weighted by Gasteiger charge is -2.03. The first-order valence-electron chi connectivity index (χ1n) is 6.14. The van der Waals surface area contributed by atoms with Crippen LogP contribution >= 0.6 is 15.9 Å². The molecule has 1 heterocycles. The second kappa shape index (κ2) is 4.87. The summed E-state index contributed by atoms with van der Waals surface area (Å²) in [5.74, 6) is -0.620. The summed E-state index contributed by atoms with van der Waals surface area (Å²) in [5.41, 5.74) is 2.82. The number of hydrogen-bond acceptors (Lipinski definition) is 1. The predicted octanol–water partition coefficient (Wildman–Crippen LogP) is 4.61. The number of fused-ring (bicyclic) bond motifs is 1. The average Bonchev–Trinajstić information content (AvgIpc) is 2.82. The largest absolute Gasteiger partial charge is 0.360 e. The molecule has 0 fully saturated rings. The van der Waals surface area contributed by atoms with Crippen LogP contribution in [0.15, 0.2) is 47.1 Å². The standard InChI is InChI=1S/C16H11BrFNO/c1-9-3-2-4-14-15(9)13(8-19-14)16(20)10-5-11(17)7-12(18)6-10/h2-8,19H,1H3. The van der Waals surface area contributed by atoms with Crippen molar-refractivity contribution >= 4 is 32.6 Å². The molecular formula is C16H11BrFNO. The lowest BCUT2D eigenvalue weighted by molar-refractivity contribution is 0.104. The Morgan fingerprint density at radius 1 is 1.25 bits per heavy atom. The Bertz CT molecular complexity index is 802. The molecule has 20 heavy (non-hydrogen) atoms. The van der Waals surface area contributed by atoms with E-state index in [1.807, 2.05) is 25.1 Å². The number of aromatic nitrogens is 1. The van der Waals surface area contributed by atoms with Crippen LogP contribution in [0, 0.1) is 12.7 Å². The molecule has 0 unspecified atom stereocenters. The summed E-state index contributed by atoms with van der Waals surface area (Å²) in [6, 6.07) is 10.0. The van der Waals surface area contributed by atoms with E-state index in [1.54, 1.807) is 12.3 Å². The van der Waals surface area contributed by atoms with Gasteiger partial charge in [0.25, 0.3) is 0 Å². The number of carbonyl (C=O) groups is 1. The summed E-state index contributed by atoms with van der Waals surface area (Å²) in [5, 5.41) is 0.887. The van der Waals surface area contributed by atoms with Crippen LogP contribution in [0.3, 0.4) is 0 Å². The van der Waals surface area contributed by atoms with E-state index in [4.69, 9.17) is 0 Å². The number of nitrogens with one attached hydrogen (secondary N) is 1. The van der Waals surface area contributed by atoms with Gasteiger partial charge < -0.3 is 4.98 Å². The fourth-order valence-electron chi connectivity index (χ4n) is 2.39. The van der Waals surface area contributed by atoms with Crippen LogP contribution in [-0.4, -0.2) is 10.8 Å². The first-order valence-corrected chi connectivity index (χ1v) is 6.93. The summed E-state index contributed by atoms with van der Waals surface area (Å²) in [7, 11) is 0. The lowest BCUT2D eigenvalue weighted by Crippen LogP contribution is -2.01. The number of aryl methyl sites for hydroxylation is 1. The number of aromatic amines is 1. The van der Waals surface area contributed by atoms with Crippen LogP contribution in [0.2, 0.25) is 0 Å². The third kappa shape index (κ3) is 2.16. The summed E-state index contributed by atoms with van der Waals surface area (Å²) in [4.78, 5) is 15.7. The van der Waals surface area contributed by atoms with Crippen LogP contribution in [0.25, 0.3) is 10.9 Å². The van der Waals surface area contributed by atoms with Gasteiger partial charge in [0.05, 0.1) is 0 Å². The maximum Gasteiger partial charge on any atom is 0.195 e. The molecule has 3 rings (SSSR count). The van der Waals surface area contributed by atoms with E-state index < -0.39 is 5.82 Å². The summed E-state index contributed by atoms with van der Waals surface area (Å²) < 4.78 is 14.0. The quantitative estimate of drug-likeness (QED) is 0.683. The Morgan fingerprint density at radius 3 is 2.80 bits per heavy atom. The molecule has 0 atom stereocenters. The molecule has 100 valence electrons. The number of benzene rings is 2. The van der Waals surface area contributed by atoms with Gasteiger partial charge in [-0.15, -0.1) is 0 Å². The Hall–Kier alpha value is -1.94. The summed E-state index contributed by atoms with van der Waals surface area (Å²) >= 11 is 3.21. The van der Waals surface area contributed by atoms with Crippen molar-refractivity contribution in [2.24, 2.45) is 0 Å². The Kier molecular flexibility index (Phi) is 3.18. The Balaban J connectivity index is 2.18. The second-order valence-electron chi connectivity index (χ2n) is 4.69. The fraction of sp³-hybridized carbons (Fsp3) is 0.0625. The molecule has 0 aliphatic heterocycles. The molecule has 0 bridgehead atoms. The first-order chi connectivity index (χ1) is 9.56. The molecule has 3 aromatic rings. The number of hydrogen-bond donors (Lipinski definition) is 1. The summed E-state index contributed by atoms with van der Waals surface area (Å²) in [6.07, 6.45) is 1.68. The van der Waals surface area contributed by atoms with Gasteiger partial charge in [-0.1, -0.05) is 28.1 Å². The van der Waals surface area contributed by atoms with Crippen LogP contribution in [0.5, 0.6) is 0 Å². The van der Waals surface area contributed by atoms with E-state index in [9.17, 15) is 9.18 Å². The van der Waals surface area contributed by atoms with Crippen LogP contribution in [0.1, 0.15) is 21.5 Å². The van der Waals surface area contributed by atoms with Crippen molar-refractivity contribution in [3.8, 4) is 0 Å². The second-order valence-corrected chi connectivity index (χ2v) is 5.60. The number of halogens is 2. The number of rotatable bonds is 2. The van der Waals surface area contributed by atoms with Gasteiger partial charge in [-0.05, 0) is 36.8 Å². The van der Waals surface area contributed by atoms with Crippen LogP contribution in [-0.2, 0) is 0 Å². The van der Waals surface area contributed by atoms with Crippen molar-refractivity contribution < 1.29 is 9.18 Å². The van der Waals surface area contributed by atoms with Crippen molar-refractivity contribution in [3.05, 3.63) is 69.6 Å². The van der Waals surface area contributed by atoms with Gasteiger partial charge in [0.15, 0.2) is 5.78 Å². The normalized spacial score (nSPS) is 10.9. The number of H-pyrrole nitrogens is 1. The maximum absolute atomic E-state index is 13.4. The minimum atomic E-state index is -0.431. The minimum absolute atomic E-state index is 0.189. The molecule has 1 N–H and O–H groups in total. The molecule has 0 spiro atoms. The monoisotopic (exact) mass is 331 g/mol. The molecule has 0 saturated carbocycles. The molecule has 2 nitrogen and oxygen atoms in total. The molecule has 0 amide bonds. The van der Waals surface area contributed by atoms with Gasteiger partial charge in [0.1, 0.15) is 5.82 Å². The van der Waals surface area contributed by atoms with Gasteiger partial charge in [-0.2, -0.15) is 0 Å². The topological polar surface area (TPSA) is 32.9 Å². The number of carbonyl (C=O) groups excluding carboxylic acids is 1. The van der Waals surface area contributed by atoms with E-state index in [0.717, 1.165) is 16.5 Å². The van der Waals surface area contributed by atoms with E-state index in [1.165, 1.54) is 12.1 Å². The zero-order valence-corrected chi connectivity index (χ0v) is 12.3. The van der Waals surface area contributed by atoms with Crippen molar-refractivity contribution in [1.29, 1.82) is 0 Å². The van der Waals surface area contributed by atoms with Gasteiger partial charge in [0, 0.05) is 32.7 Å². The highest BCUT2D eigenvalue weighted by molar-refractivity contribution is 9.10. The van der Waals surface area contributed by atoms with E-state index in [2.05, 4.69) is 20.9 Å². The van der Waals surface area contributed by atoms with Gasteiger partial charge >= 0.3 is 0 Å². The minimum Gasteiger partial charge on any atom is -0.360 e. The summed E-state index contributed by atoms with van der Waals surface area (Å²) in [6.45, 7) is 1.95. The van der Waals surface area contributed by atoms with Crippen molar-refractivity contribution in [2.75, 3.05) is 0 Å². The SMILES string of the molecule is Cc1cccc2[nH]cc(C(=O)c3cc(F)cc(Br)c3)c12. The van der Waals surface area contributed by atoms with Gasteiger partial charge in [0.2, 0.25) is 0 Å². The molecular weight excluding hydrogens is 321 g/mol. The molecule has 0 aliphatic rings. The fourth-order valence-corrected chi connectivity index (χ4v) is 2.85. The average molecular weight is 332 g/mol. The van der Waals surface area contributed by atoms with E-state index >= 15 is 0 Å². The lowest BCUT2D eigenvalue weighted by atomic mass is 10.00. The van der Waals surface area contributed by atoms with Crippen LogP contribution in [0.4, 0.5) is 4.39 Å². The van der Waals surface area contributed by atoms with Crippen molar-refractivity contribution in [3.63, 3.8) is 0 Å². The molecule has 4 heteroatoms. The maximum atomic E-state index is 13.4. The highest BCUT2D eigenvalue weighted by Gasteiger charge is 2.16. The first kappa shape index (κ1) is 13.1. The van der Waals surface area contributed by atoms with E-state index in [0.29, 0.717) is 15.6 Å². The Labute approximate surface area is 123 Å². The molecule has 0 radical (unpaired) electrons. The zero-order valence-electron chi connectivity index (χ0n) is 10.7. The predicted molar refractivity (Wildman–Crippen MR) is 80.6 cm³/mol. The third-order valence-corrected chi connectivity index (χ3v) is 3.74. The van der Waals surface area contributed by atoms with Gasteiger partial charge in [-0.25, -0.2) is 4.39 Å². The van der Waals surface area contributed by atoms with Gasteiger partial charge in [-0.3, -0.25) is 4.79 Å². The third-order valence-electron chi connectivity index (χ3n) is 3.28. The van der Waals surface area contributed by atoms with Crippen molar-refractivity contribution in [2.45, 2.75) is 6.92 Å².